The van der Waals surface area contributed by atoms with Crippen molar-refractivity contribution in [1.82, 2.24) is 4.98 Å². The quantitative estimate of drug-likeness (QED) is 0.776. The smallest absolute Gasteiger partial charge is 0.0839 e. The van der Waals surface area contributed by atoms with Crippen LogP contribution in [0.15, 0.2) is 54.0 Å². The van der Waals surface area contributed by atoms with Gasteiger partial charge in [0.1, 0.15) is 0 Å². The summed E-state index contributed by atoms with van der Waals surface area (Å²) in [7, 11) is 0. The average molecular weight is 255 g/mol. The van der Waals surface area contributed by atoms with Gasteiger partial charge in [0, 0.05) is 22.9 Å². The molecule has 90 valence electrons. The number of nitrogens with zero attached hydrogens (tertiary/aromatic N) is 1. The van der Waals surface area contributed by atoms with Crippen LogP contribution in [0.25, 0.3) is 10.9 Å². The highest BCUT2D eigenvalue weighted by atomic mass is 32.1. The van der Waals surface area contributed by atoms with Gasteiger partial charge < -0.3 is 5.11 Å². The number of pyridine rings is 1. The van der Waals surface area contributed by atoms with Crippen LogP contribution in [0.3, 0.4) is 0 Å². The molecule has 0 aliphatic carbocycles. The first-order chi connectivity index (χ1) is 8.83. The molecule has 0 saturated heterocycles. The topological polar surface area (TPSA) is 33.1 Å². The van der Waals surface area contributed by atoms with Gasteiger partial charge in [0.25, 0.3) is 0 Å². The molecule has 2 aromatic heterocycles. The van der Waals surface area contributed by atoms with Crippen molar-refractivity contribution < 1.29 is 5.11 Å². The van der Waals surface area contributed by atoms with Crippen molar-refractivity contribution in [2.45, 2.75) is 12.5 Å². The summed E-state index contributed by atoms with van der Waals surface area (Å²) in [5.41, 5.74) is 1.86. The summed E-state index contributed by atoms with van der Waals surface area (Å²) >= 11 is 1.67. The van der Waals surface area contributed by atoms with Crippen LogP contribution in [0.5, 0.6) is 0 Å². The van der Waals surface area contributed by atoms with Gasteiger partial charge in [-0.25, -0.2) is 0 Å². The molecular formula is C15H13NOS. The Balaban J connectivity index is 1.89. The Morgan fingerprint density at radius 3 is 2.94 bits per heavy atom. The lowest BCUT2D eigenvalue weighted by Crippen LogP contribution is -2.00. The zero-order valence-electron chi connectivity index (χ0n) is 9.78. The van der Waals surface area contributed by atoms with Crippen LogP contribution >= 0.6 is 11.3 Å². The number of hydrogen-bond acceptors (Lipinski definition) is 3. The van der Waals surface area contributed by atoms with Crippen LogP contribution in [0, 0.1) is 0 Å². The molecule has 1 atom stereocenters. The molecule has 1 N–H and O–H groups in total. The van der Waals surface area contributed by atoms with E-state index in [-0.39, 0.29) is 0 Å². The van der Waals surface area contributed by atoms with Crippen LogP contribution in [-0.4, -0.2) is 10.1 Å². The maximum absolute atomic E-state index is 10.2. The van der Waals surface area contributed by atoms with Gasteiger partial charge in [0.15, 0.2) is 0 Å². The second-order valence-corrected chi connectivity index (χ2v) is 5.29. The number of hydrogen-bond donors (Lipinski definition) is 1. The van der Waals surface area contributed by atoms with E-state index in [0.29, 0.717) is 6.42 Å². The standard InChI is InChI=1S/C15H13NOS/c17-15(10-13-4-2-8-18-13)12-6-5-11-3-1-7-16-14(11)9-12/h1-9,15,17H,10H2. The first-order valence-electron chi connectivity index (χ1n) is 5.88. The van der Waals surface area contributed by atoms with E-state index in [1.54, 1.807) is 17.5 Å². The minimum absolute atomic E-state index is 0.463. The lowest BCUT2D eigenvalue weighted by molar-refractivity contribution is 0.179. The fourth-order valence-corrected chi connectivity index (χ4v) is 2.77. The highest BCUT2D eigenvalue weighted by Gasteiger charge is 2.10. The molecule has 3 aromatic rings. The normalized spacial score (nSPS) is 12.7. The number of fused-ring (bicyclic) bond motifs is 1. The average Bonchev–Trinajstić information content (AvgIpc) is 2.91. The molecule has 3 heteroatoms. The summed E-state index contributed by atoms with van der Waals surface area (Å²) in [5.74, 6) is 0. The van der Waals surface area contributed by atoms with E-state index in [1.807, 2.05) is 47.8 Å². The van der Waals surface area contributed by atoms with Gasteiger partial charge in [-0.05, 0) is 29.1 Å². The van der Waals surface area contributed by atoms with Gasteiger partial charge in [-0.1, -0.05) is 24.3 Å². The van der Waals surface area contributed by atoms with E-state index in [9.17, 15) is 5.11 Å². The van der Waals surface area contributed by atoms with Crippen LogP contribution in [0.2, 0.25) is 0 Å². The Bertz CT molecular complexity index is 648. The Hall–Kier alpha value is -1.71. The van der Waals surface area contributed by atoms with E-state index in [0.717, 1.165) is 16.5 Å². The fourth-order valence-electron chi connectivity index (χ4n) is 2.03. The third-order valence-corrected chi connectivity index (χ3v) is 3.89. The third-order valence-electron chi connectivity index (χ3n) is 2.99. The van der Waals surface area contributed by atoms with Crippen molar-refractivity contribution in [2.75, 3.05) is 0 Å². The summed E-state index contributed by atoms with van der Waals surface area (Å²) in [4.78, 5) is 5.51. The van der Waals surface area contributed by atoms with Crippen molar-refractivity contribution in [3.05, 3.63) is 64.5 Å². The van der Waals surface area contributed by atoms with Crippen LogP contribution in [0.1, 0.15) is 16.5 Å². The molecule has 0 fully saturated rings. The summed E-state index contributed by atoms with van der Waals surface area (Å²) in [6, 6.07) is 14.0. The van der Waals surface area contributed by atoms with Crippen molar-refractivity contribution in [3.63, 3.8) is 0 Å². The largest absolute Gasteiger partial charge is 0.388 e. The monoisotopic (exact) mass is 255 g/mol. The maximum Gasteiger partial charge on any atom is 0.0839 e. The molecular weight excluding hydrogens is 242 g/mol. The van der Waals surface area contributed by atoms with Gasteiger partial charge in [-0.2, -0.15) is 0 Å². The number of rotatable bonds is 3. The molecule has 3 rings (SSSR count). The van der Waals surface area contributed by atoms with E-state index in [4.69, 9.17) is 0 Å². The second kappa shape index (κ2) is 4.88. The Morgan fingerprint density at radius 1 is 1.17 bits per heavy atom. The van der Waals surface area contributed by atoms with E-state index in [2.05, 4.69) is 4.98 Å². The fraction of sp³-hybridized carbons (Fsp3) is 0.133. The number of aromatic nitrogens is 1. The molecule has 2 heterocycles. The number of benzene rings is 1. The highest BCUT2D eigenvalue weighted by Crippen LogP contribution is 2.23. The van der Waals surface area contributed by atoms with E-state index < -0.39 is 6.10 Å². The maximum atomic E-state index is 10.2. The zero-order valence-corrected chi connectivity index (χ0v) is 10.6. The van der Waals surface area contributed by atoms with Gasteiger partial charge in [0.05, 0.1) is 11.6 Å². The molecule has 0 amide bonds. The van der Waals surface area contributed by atoms with Crippen molar-refractivity contribution >= 4 is 22.2 Å². The van der Waals surface area contributed by atoms with Gasteiger partial charge in [-0.3, -0.25) is 4.98 Å². The molecule has 1 unspecified atom stereocenters. The molecule has 0 radical (unpaired) electrons. The highest BCUT2D eigenvalue weighted by molar-refractivity contribution is 7.09. The summed E-state index contributed by atoms with van der Waals surface area (Å²) in [6.07, 6.45) is 1.98. The van der Waals surface area contributed by atoms with Crippen LogP contribution in [0.4, 0.5) is 0 Å². The molecule has 0 aliphatic rings. The van der Waals surface area contributed by atoms with E-state index >= 15 is 0 Å². The minimum Gasteiger partial charge on any atom is -0.388 e. The van der Waals surface area contributed by atoms with Crippen LogP contribution < -0.4 is 0 Å². The molecule has 0 saturated carbocycles. The van der Waals surface area contributed by atoms with Crippen LogP contribution in [-0.2, 0) is 6.42 Å². The van der Waals surface area contributed by atoms with Crippen molar-refractivity contribution in [3.8, 4) is 0 Å². The van der Waals surface area contributed by atoms with E-state index in [1.165, 1.54) is 4.88 Å². The summed E-state index contributed by atoms with van der Waals surface area (Å²) in [5, 5.41) is 13.4. The van der Waals surface area contributed by atoms with Crippen molar-refractivity contribution in [1.29, 1.82) is 0 Å². The van der Waals surface area contributed by atoms with Gasteiger partial charge >= 0.3 is 0 Å². The third kappa shape index (κ3) is 2.28. The first kappa shape index (κ1) is 11.4. The molecule has 0 bridgehead atoms. The van der Waals surface area contributed by atoms with Crippen molar-refractivity contribution in [2.24, 2.45) is 0 Å². The molecule has 2 nitrogen and oxygen atoms in total. The number of aliphatic hydroxyl groups excluding tert-OH is 1. The summed E-state index contributed by atoms with van der Waals surface area (Å²) < 4.78 is 0. The Kier molecular flexibility index (Phi) is 3.09. The Morgan fingerprint density at radius 2 is 2.11 bits per heavy atom. The number of aliphatic hydroxyl groups is 1. The van der Waals surface area contributed by atoms with Gasteiger partial charge in [0.2, 0.25) is 0 Å². The summed E-state index contributed by atoms with van der Waals surface area (Å²) in [6.45, 7) is 0. The predicted molar refractivity (Wildman–Crippen MR) is 74.7 cm³/mol. The minimum atomic E-state index is -0.463. The lowest BCUT2D eigenvalue weighted by Gasteiger charge is -2.10. The number of thiophene rings is 1. The predicted octanol–water partition coefficient (Wildman–Crippen LogP) is 3.57. The molecule has 0 aliphatic heterocycles. The second-order valence-electron chi connectivity index (χ2n) is 4.25. The SMILES string of the molecule is OC(Cc1cccs1)c1ccc2cccnc2c1. The first-order valence-corrected chi connectivity index (χ1v) is 6.76. The Labute approximate surface area is 110 Å². The molecule has 18 heavy (non-hydrogen) atoms. The molecule has 1 aromatic carbocycles. The lowest BCUT2D eigenvalue weighted by atomic mass is 10.0. The zero-order chi connectivity index (χ0) is 12.4. The van der Waals surface area contributed by atoms with Gasteiger partial charge in [-0.15, -0.1) is 11.3 Å². The molecule has 0 spiro atoms.